The van der Waals surface area contributed by atoms with Crippen molar-refractivity contribution in [3.05, 3.63) is 102 Å². The second kappa shape index (κ2) is 8.84. The van der Waals surface area contributed by atoms with Gasteiger partial charge in [-0.05, 0) is 78.7 Å². The molecule has 1 amide bonds. The van der Waals surface area contributed by atoms with E-state index in [0.29, 0.717) is 17.1 Å². The standard InChI is InChI=1S/C25H20FN3O3S/c1-16-3-2-4-24(28-16)33(31,32)21-12-7-18(8-13-21)25(30)29-23-15-19(9-14-22(23)27)17-5-10-20(26)11-6-17/h2-15H,27H2,1H3,(H,29,30). The van der Waals surface area contributed by atoms with Crippen LogP contribution in [0, 0.1) is 12.7 Å². The number of hydrogen-bond acceptors (Lipinski definition) is 5. The highest BCUT2D eigenvalue weighted by atomic mass is 32.2. The van der Waals surface area contributed by atoms with E-state index in [1.54, 1.807) is 49.4 Å². The van der Waals surface area contributed by atoms with E-state index in [1.165, 1.54) is 42.5 Å². The van der Waals surface area contributed by atoms with Gasteiger partial charge in [-0.2, -0.15) is 0 Å². The normalized spacial score (nSPS) is 11.2. The van der Waals surface area contributed by atoms with Crippen LogP contribution in [0.2, 0.25) is 0 Å². The van der Waals surface area contributed by atoms with Gasteiger partial charge in [0.15, 0.2) is 5.03 Å². The highest BCUT2D eigenvalue weighted by Gasteiger charge is 2.20. The maximum atomic E-state index is 13.2. The van der Waals surface area contributed by atoms with Crippen molar-refractivity contribution in [2.75, 3.05) is 11.1 Å². The van der Waals surface area contributed by atoms with Crippen molar-refractivity contribution in [2.24, 2.45) is 0 Å². The lowest BCUT2D eigenvalue weighted by atomic mass is 10.0. The van der Waals surface area contributed by atoms with Crippen molar-refractivity contribution in [1.82, 2.24) is 4.98 Å². The van der Waals surface area contributed by atoms with Gasteiger partial charge in [0.2, 0.25) is 9.84 Å². The van der Waals surface area contributed by atoms with Crippen molar-refractivity contribution < 1.29 is 17.6 Å². The van der Waals surface area contributed by atoms with Gasteiger partial charge < -0.3 is 11.1 Å². The number of rotatable bonds is 5. The van der Waals surface area contributed by atoms with Gasteiger partial charge in [-0.15, -0.1) is 0 Å². The van der Waals surface area contributed by atoms with E-state index in [9.17, 15) is 17.6 Å². The Bertz CT molecular complexity index is 1430. The first-order valence-electron chi connectivity index (χ1n) is 10.00. The lowest BCUT2D eigenvalue weighted by Crippen LogP contribution is -2.13. The number of benzene rings is 3. The minimum Gasteiger partial charge on any atom is -0.397 e. The fourth-order valence-corrected chi connectivity index (χ4v) is 4.51. The third-order valence-corrected chi connectivity index (χ3v) is 6.71. The molecule has 0 saturated carbocycles. The Labute approximate surface area is 190 Å². The topological polar surface area (TPSA) is 102 Å². The van der Waals surface area contributed by atoms with Gasteiger partial charge in [-0.25, -0.2) is 17.8 Å². The number of carbonyl (C=O) groups excluding carboxylic acids is 1. The molecule has 0 aliphatic heterocycles. The summed E-state index contributed by atoms with van der Waals surface area (Å²) in [5, 5.41) is 2.69. The number of carbonyl (C=O) groups is 1. The van der Waals surface area contributed by atoms with Crippen molar-refractivity contribution in [2.45, 2.75) is 16.8 Å². The van der Waals surface area contributed by atoms with E-state index in [0.717, 1.165) is 11.1 Å². The summed E-state index contributed by atoms with van der Waals surface area (Å²) in [7, 11) is -3.80. The first-order chi connectivity index (χ1) is 15.7. The Hall–Kier alpha value is -4.04. The van der Waals surface area contributed by atoms with Gasteiger partial charge in [-0.1, -0.05) is 24.3 Å². The molecule has 0 aliphatic carbocycles. The fourth-order valence-electron chi connectivity index (χ4n) is 3.25. The number of anilines is 2. The molecule has 4 rings (SSSR count). The molecule has 3 N–H and O–H groups in total. The Morgan fingerprint density at radius 2 is 1.58 bits per heavy atom. The molecule has 0 bridgehead atoms. The van der Waals surface area contributed by atoms with Crippen molar-refractivity contribution in [1.29, 1.82) is 0 Å². The van der Waals surface area contributed by atoms with E-state index < -0.39 is 15.7 Å². The summed E-state index contributed by atoms with van der Waals surface area (Å²) in [6.07, 6.45) is 0. The molecule has 6 nitrogen and oxygen atoms in total. The van der Waals surface area contributed by atoms with Crippen LogP contribution in [0.25, 0.3) is 11.1 Å². The molecule has 166 valence electrons. The third-order valence-electron chi connectivity index (χ3n) is 5.04. The molecule has 4 aromatic rings. The zero-order valence-electron chi connectivity index (χ0n) is 17.6. The molecule has 1 aromatic heterocycles. The first-order valence-corrected chi connectivity index (χ1v) is 11.5. The number of halogens is 1. The van der Waals surface area contributed by atoms with Crippen LogP contribution in [0.15, 0.2) is 94.9 Å². The van der Waals surface area contributed by atoms with Crippen LogP contribution in [-0.4, -0.2) is 19.3 Å². The summed E-state index contributed by atoms with van der Waals surface area (Å²) in [5.74, 6) is -0.790. The quantitative estimate of drug-likeness (QED) is 0.413. The van der Waals surface area contributed by atoms with Crippen LogP contribution >= 0.6 is 0 Å². The highest BCUT2D eigenvalue weighted by molar-refractivity contribution is 7.91. The van der Waals surface area contributed by atoms with Crippen LogP contribution in [0.1, 0.15) is 16.1 Å². The van der Waals surface area contributed by atoms with E-state index >= 15 is 0 Å². The average Bonchev–Trinajstić information content (AvgIpc) is 2.81. The molecular formula is C25H20FN3O3S. The largest absolute Gasteiger partial charge is 0.397 e. The molecule has 1 heterocycles. The zero-order chi connectivity index (χ0) is 23.6. The number of aromatic nitrogens is 1. The van der Waals surface area contributed by atoms with Crippen molar-refractivity contribution in [3.8, 4) is 11.1 Å². The Morgan fingerprint density at radius 1 is 0.909 bits per heavy atom. The SMILES string of the molecule is Cc1cccc(S(=O)(=O)c2ccc(C(=O)Nc3cc(-c4ccc(F)cc4)ccc3N)cc2)n1. The maximum Gasteiger partial charge on any atom is 0.255 e. The molecule has 8 heteroatoms. The number of nitrogens with one attached hydrogen (secondary N) is 1. The van der Waals surface area contributed by atoms with Crippen molar-refractivity contribution >= 4 is 27.1 Å². The summed E-state index contributed by atoms with van der Waals surface area (Å²) in [5.41, 5.74) is 9.14. The summed E-state index contributed by atoms with van der Waals surface area (Å²) in [4.78, 5) is 16.9. The smallest absolute Gasteiger partial charge is 0.255 e. The number of amides is 1. The lowest BCUT2D eigenvalue weighted by molar-refractivity contribution is 0.102. The van der Waals surface area contributed by atoms with Gasteiger partial charge in [0.25, 0.3) is 5.91 Å². The second-order valence-corrected chi connectivity index (χ2v) is 9.30. The molecule has 0 unspecified atom stereocenters. The van der Waals surface area contributed by atoms with E-state index in [1.807, 2.05) is 0 Å². The van der Waals surface area contributed by atoms with Crippen LogP contribution in [0.5, 0.6) is 0 Å². The van der Waals surface area contributed by atoms with Gasteiger partial charge in [0, 0.05) is 11.3 Å². The molecular weight excluding hydrogens is 441 g/mol. The number of nitrogens with zero attached hydrogens (tertiary/aromatic N) is 1. The van der Waals surface area contributed by atoms with Crippen LogP contribution < -0.4 is 11.1 Å². The molecule has 0 saturated heterocycles. The summed E-state index contributed by atoms with van der Waals surface area (Å²) >= 11 is 0. The number of nitrogens with two attached hydrogens (primary N) is 1. The molecule has 0 radical (unpaired) electrons. The summed E-state index contributed by atoms with van der Waals surface area (Å²) < 4.78 is 38.8. The lowest BCUT2D eigenvalue weighted by Gasteiger charge is -2.11. The Kier molecular flexibility index (Phi) is 5.93. The second-order valence-electron chi connectivity index (χ2n) is 7.41. The molecule has 0 spiro atoms. The predicted octanol–water partition coefficient (Wildman–Crippen LogP) is 4.86. The molecule has 0 atom stereocenters. The Morgan fingerprint density at radius 3 is 2.24 bits per heavy atom. The highest BCUT2D eigenvalue weighted by Crippen LogP contribution is 2.28. The molecule has 3 aromatic carbocycles. The van der Waals surface area contributed by atoms with Gasteiger partial charge in [0.05, 0.1) is 16.3 Å². The fraction of sp³-hybridized carbons (Fsp3) is 0.0400. The predicted molar refractivity (Wildman–Crippen MR) is 125 cm³/mol. The van der Waals surface area contributed by atoms with E-state index in [-0.39, 0.29) is 21.3 Å². The number of nitrogen functional groups attached to an aromatic ring is 1. The van der Waals surface area contributed by atoms with Crippen LogP contribution in [0.3, 0.4) is 0 Å². The van der Waals surface area contributed by atoms with E-state index in [4.69, 9.17) is 5.73 Å². The number of pyridine rings is 1. The van der Waals surface area contributed by atoms with Gasteiger partial charge >= 0.3 is 0 Å². The maximum absolute atomic E-state index is 13.2. The number of hydrogen-bond donors (Lipinski definition) is 2. The Balaban J connectivity index is 1.56. The van der Waals surface area contributed by atoms with Crippen LogP contribution in [-0.2, 0) is 9.84 Å². The average molecular weight is 462 g/mol. The van der Waals surface area contributed by atoms with Gasteiger partial charge in [-0.3, -0.25) is 4.79 Å². The summed E-state index contributed by atoms with van der Waals surface area (Å²) in [6, 6.07) is 21.5. The monoisotopic (exact) mass is 461 g/mol. The third kappa shape index (κ3) is 4.75. The zero-order valence-corrected chi connectivity index (χ0v) is 18.4. The minimum absolute atomic E-state index is 0.0370. The molecule has 0 aliphatic rings. The summed E-state index contributed by atoms with van der Waals surface area (Å²) in [6.45, 7) is 1.71. The van der Waals surface area contributed by atoms with E-state index in [2.05, 4.69) is 10.3 Å². The number of aryl methyl sites for hydroxylation is 1. The minimum atomic E-state index is -3.80. The first kappa shape index (κ1) is 22.2. The van der Waals surface area contributed by atoms with Crippen LogP contribution in [0.4, 0.5) is 15.8 Å². The van der Waals surface area contributed by atoms with Crippen molar-refractivity contribution in [3.63, 3.8) is 0 Å². The van der Waals surface area contributed by atoms with Gasteiger partial charge in [0.1, 0.15) is 5.82 Å². The number of sulfone groups is 1. The molecule has 33 heavy (non-hydrogen) atoms. The molecule has 0 fully saturated rings.